The van der Waals surface area contributed by atoms with E-state index in [9.17, 15) is 17.4 Å². The normalized spacial score (nSPS) is 17.1. The molecule has 1 unspecified atom stereocenters. The molecule has 0 spiro atoms. The molecule has 1 aromatic heterocycles. The number of aromatic nitrogens is 1. The minimum absolute atomic E-state index is 0.455. The third-order valence-electron chi connectivity index (χ3n) is 4.56. The van der Waals surface area contributed by atoms with E-state index in [1.54, 1.807) is 29.7 Å². The van der Waals surface area contributed by atoms with E-state index in [4.69, 9.17) is 4.74 Å². The van der Waals surface area contributed by atoms with Crippen LogP contribution in [0.15, 0.2) is 75.6 Å². The predicted octanol–water partition coefficient (Wildman–Crippen LogP) is 5.27. The van der Waals surface area contributed by atoms with Crippen LogP contribution in [0.1, 0.15) is 5.56 Å². The number of pyridine rings is 1. The molecule has 156 valence electrons. The van der Waals surface area contributed by atoms with Gasteiger partial charge in [-0.2, -0.15) is 13.2 Å². The highest BCUT2D eigenvalue weighted by atomic mass is 32.2. The third-order valence-corrected chi connectivity index (χ3v) is 7.03. The summed E-state index contributed by atoms with van der Waals surface area (Å²) in [5, 5.41) is 0.644. The van der Waals surface area contributed by atoms with Gasteiger partial charge in [0.1, 0.15) is 28.4 Å². The summed E-state index contributed by atoms with van der Waals surface area (Å²) in [4.78, 5) is 5.64. The van der Waals surface area contributed by atoms with E-state index in [2.05, 4.69) is 4.98 Å². The monoisotopic (exact) mass is 450 g/mol. The molecule has 0 radical (unpaired) electrons. The lowest BCUT2D eigenvalue weighted by atomic mass is 10.1. The van der Waals surface area contributed by atoms with E-state index in [0.29, 0.717) is 33.7 Å². The Hall–Kier alpha value is -2.36. The van der Waals surface area contributed by atoms with Crippen LogP contribution in [0.5, 0.6) is 5.75 Å². The maximum atomic E-state index is 12.8. The number of rotatable bonds is 3. The molecule has 0 saturated heterocycles. The first-order chi connectivity index (χ1) is 14.3. The first kappa shape index (κ1) is 20.9. The van der Waals surface area contributed by atoms with Crippen LogP contribution in [-0.4, -0.2) is 33.7 Å². The quantitative estimate of drug-likeness (QED) is 0.546. The van der Waals surface area contributed by atoms with Crippen molar-refractivity contribution in [2.24, 2.45) is 0 Å². The molecule has 0 aliphatic carbocycles. The Kier molecular flexibility index (Phi) is 5.86. The molecule has 1 aliphatic heterocycles. The van der Waals surface area contributed by atoms with Crippen LogP contribution >= 0.6 is 11.8 Å². The first-order valence-corrected chi connectivity index (χ1v) is 11.0. The summed E-state index contributed by atoms with van der Waals surface area (Å²) in [6.07, 6.45) is -2.74. The summed E-state index contributed by atoms with van der Waals surface area (Å²) in [6.45, 7) is 1.01. The Morgan fingerprint density at radius 1 is 1.13 bits per heavy atom. The maximum Gasteiger partial charge on any atom is 0.416 e. The van der Waals surface area contributed by atoms with Gasteiger partial charge in [-0.3, -0.25) is 0 Å². The fourth-order valence-electron chi connectivity index (χ4n) is 2.98. The van der Waals surface area contributed by atoms with Gasteiger partial charge in [-0.25, -0.2) is 13.5 Å². The number of nitrogens with zero attached hydrogens (tertiary/aromatic N) is 2. The van der Waals surface area contributed by atoms with Crippen LogP contribution in [0, 0.1) is 0 Å². The van der Waals surface area contributed by atoms with E-state index < -0.39 is 22.7 Å². The van der Waals surface area contributed by atoms with Crippen molar-refractivity contribution in [2.45, 2.75) is 21.0 Å². The van der Waals surface area contributed by atoms with Gasteiger partial charge in [0.25, 0.3) is 0 Å². The van der Waals surface area contributed by atoms with Gasteiger partial charge in [-0.1, -0.05) is 23.9 Å². The summed E-state index contributed by atoms with van der Waals surface area (Å²) < 4.78 is 58.6. The number of benzene rings is 2. The van der Waals surface area contributed by atoms with Crippen molar-refractivity contribution in [1.82, 2.24) is 9.29 Å². The van der Waals surface area contributed by atoms with Gasteiger partial charge in [0.2, 0.25) is 0 Å². The van der Waals surface area contributed by atoms with E-state index in [0.717, 1.165) is 23.3 Å². The van der Waals surface area contributed by atoms with Gasteiger partial charge in [0, 0.05) is 30.2 Å². The molecule has 2 aromatic carbocycles. The fourth-order valence-corrected chi connectivity index (χ4v) is 4.99. The topological polar surface area (TPSA) is 42.4 Å². The molecule has 4 nitrogen and oxygen atoms in total. The number of alkyl halides is 3. The Morgan fingerprint density at radius 2 is 1.90 bits per heavy atom. The number of ether oxygens (including phenoxy) is 1. The van der Waals surface area contributed by atoms with Gasteiger partial charge in [0.15, 0.2) is 0 Å². The lowest BCUT2D eigenvalue weighted by molar-refractivity contribution is -0.137. The number of hydrogen-bond donors (Lipinski definition) is 0. The van der Waals surface area contributed by atoms with Crippen LogP contribution in [-0.2, 0) is 17.2 Å². The van der Waals surface area contributed by atoms with Gasteiger partial charge in [0.05, 0.1) is 10.5 Å². The highest BCUT2D eigenvalue weighted by molar-refractivity contribution is 7.99. The van der Waals surface area contributed by atoms with Crippen molar-refractivity contribution in [3.8, 4) is 16.9 Å². The van der Waals surface area contributed by atoms with Gasteiger partial charge < -0.3 is 4.74 Å². The Labute approximate surface area is 178 Å². The number of hydrogen-bond acceptors (Lipinski definition) is 4. The summed E-state index contributed by atoms with van der Waals surface area (Å²) >= 11 is 1.28. The minimum Gasteiger partial charge on any atom is -0.491 e. The zero-order chi connectivity index (χ0) is 21.3. The van der Waals surface area contributed by atoms with Gasteiger partial charge in [-0.05, 0) is 48.0 Å². The molecule has 0 bridgehead atoms. The van der Waals surface area contributed by atoms with Crippen LogP contribution in [0.25, 0.3) is 11.1 Å². The molecule has 0 saturated carbocycles. The summed E-state index contributed by atoms with van der Waals surface area (Å²) in [6, 6.07) is 14.1. The van der Waals surface area contributed by atoms with Crippen molar-refractivity contribution in [1.29, 1.82) is 0 Å². The van der Waals surface area contributed by atoms with Crippen molar-refractivity contribution in [3.05, 3.63) is 66.4 Å². The average Bonchev–Trinajstić information content (AvgIpc) is 2.87. The Bertz CT molecular complexity index is 1090. The zero-order valence-electron chi connectivity index (χ0n) is 15.8. The molecular formula is C21H17F3N2O2S2. The molecule has 1 aliphatic rings. The molecular weight excluding hydrogens is 433 g/mol. The molecule has 1 atom stereocenters. The molecule has 30 heavy (non-hydrogen) atoms. The van der Waals surface area contributed by atoms with E-state index >= 15 is 0 Å². The van der Waals surface area contributed by atoms with Crippen LogP contribution in [0.2, 0.25) is 0 Å². The fraction of sp³-hybridized carbons (Fsp3) is 0.190. The zero-order valence-corrected chi connectivity index (χ0v) is 17.5. The highest BCUT2D eigenvalue weighted by Gasteiger charge is 2.30. The second-order valence-corrected chi connectivity index (χ2v) is 9.21. The average molecular weight is 451 g/mol. The second-order valence-electron chi connectivity index (χ2n) is 6.59. The van der Waals surface area contributed by atoms with Gasteiger partial charge >= 0.3 is 6.18 Å². The van der Waals surface area contributed by atoms with E-state index in [-0.39, 0.29) is 0 Å². The van der Waals surface area contributed by atoms with Crippen molar-refractivity contribution < 1.29 is 22.1 Å². The Morgan fingerprint density at radius 3 is 2.63 bits per heavy atom. The number of halogens is 3. The SMILES string of the molecule is CN1CCOc2ccc(-c3cccnc3Sc3ccc(C(F)(F)F)cc3)cc2S1=O. The third kappa shape index (κ3) is 4.38. The summed E-state index contributed by atoms with van der Waals surface area (Å²) in [7, 11) is 0.433. The number of fused-ring (bicyclic) bond motifs is 1. The van der Waals surface area contributed by atoms with Crippen molar-refractivity contribution in [3.63, 3.8) is 0 Å². The first-order valence-electron chi connectivity index (χ1n) is 9.03. The second kappa shape index (κ2) is 8.41. The summed E-state index contributed by atoms with van der Waals surface area (Å²) in [5.41, 5.74) is 0.919. The smallest absolute Gasteiger partial charge is 0.416 e. The Balaban J connectivity index is 1.67. The highest BCUT2D eigenvalue weighted by Crippen LogP contribution is 2.38. The maximum absolute atomic E-state index is 12.8. The predicted molar refractivity (Wildman–Crippen MR) is 110 cm³/mol. The summed E-state index contributed by atoms with van der Waals surface area (Å²) in [5.74, 6) is 0.585. The lowest BCUT2D eigenvalue weighted by Crippen LogP contribution is -2.23. The molecule has 9 heteroatoms. The molecule has 0 fully saturated rings. The van der Waals surface area contributed by atoms with Crippen LogP contribution in [0.3, 0.4) is 0 Å². The van der Waals surface area contributed by atoms with Gasteiger partial charge in [-0.15, -0.1) is 0 Å². The molecule has 0 N–H and O–H groups in total. The standard InChI is InChI=1S/C21H17F3N2O2S2/c1-26-11-12-28-18-9-4-14(13-19(18)30(26)27)17-3-2-10-25-20(17)29-16-7-5-15(6-8-16)21(22,23)24/h2-10,13H,11-12H2,1H3. The van der Waals surface area contributed by atoms with E-state index in [1.165, 1.54) is 23.9 Å². The molecule has 4 rings (SSSR count). The van der Waals surface area contributed by atoms with Crippen molar-refractivity contribution >= 4 is 22.7 Å². The molecule has 0 amide bonds. The lowest BCUT2D eigenvalue weighted by Gasteiger charge is -2.13. The minimum atomic E-state index is -4.37. The van der Waals surface area contributed by atoms with Crippen LogP contribution in [0.4, 0.5) is 13.2 Å². The van der Waals surface area contributed by atoms with Crippen molar-refractivity contribution in [2.75, 3.05) is 20.2 Å². The van der Waals surface area contributed by atoms with Crippen LogP contribution < -0.4 is 4.74 Å². The van der Waals surface area contributed by atoms with E-state index in [1.807, 2.05) is 18.2 Å². The largest absolute Gasteiger partial charge is 0.491 e. The molecule has 3 aromatic rings. The molecule has 2 heterocycles. The number of likely N-dealkylation sites (N-methyl/N-ethyl adjacent to an activating group) is 1.